The molecule has 0 amide bonds. The van der Waals surface area contributed by atoms with E-state index in [0.717, 1.165) is 18.4 Å². The summed E-state index contributed by atoms with van der Waals surface area (Å²) in [6.45, 7) is 1.64. The van der Waals surface area contributed by atoms with Crippen molar-refractivity contribution in [2.75, 3.05) is 6.54 Å². The summed E-state index contributed by atoms with van der Waals surface area (Å²) in [5, 5.41) is 0.281. The van der Waals surface area contributed by atoms with Gasteiger partial charge in [-0.25, -0.2) is 9.37 Å². The van der Waals surface area contributed by atoms with Gasteiger partial charge in [-0.15, -0.1) is 0 Å². The first-order chi connectivity index (χ1) is 10.0. The molecule has 0 saturated carbocycles. The Kier molecular flexibility index (Phi) is 3.88. The number of nitrogens with one attached hydrogen (secondary N) is 2. The Morgan fingerprint density at radius 1 is 1.48 bits per heavy atom. The number of hydrogen-bond acceptors (Lipinski definition) is 4. The second-order valence-corrected chi connectivity index (χ2v) is 5.70. The van der Waals surface area contributed by atoms with Crippen molar-refractivity contribution in [2.45, 2.75) is 19.5 Å². The van der Waals surface area contributed by atoms with Gasteiger partial charge < -0.3 is 4.98 Å². The minimum absolute atomic E-state index is 0.179. The highest BCUT2D eigenvalue weighted by atomic mass is 35.5. The first-order valence-electron chi connectivity index (χ1n) is 6.39. The quantitative estimate of drug-likeness (QED) is 0.656. The molecule has 3 heterocycles. The van der Waals surface area contributed by atoms with Crippen LogP contribution in [0.4, 0.5) is 4.39 Å². The van der Waals surface area contributed by atoms with E-state index in [1.54, 1.807) is 0 Å². The van der Waals surface area contributed by atoms with Crippen LogP contribution in [0.2, 0.25) is 5.15 Å². The van der Waals surface area contributed by atoms with Crippen LogP contribution in [-0.2, 0) is 19.5 Å². The molecule has 3 rings (SSSR count). The highest BCUT2D eigenvalue weighted by molar-refractivity contribution is 7.71. The molecular weight excluding hydrogens is 315 g/mol. The summed E-state index contributed by atoms with van der Waals surface area (Å²) in [5.74, 6) is -0.422. The Labute approximate surface area is 129 Å². The van der Waals surface area contributed by atoms with Crippen molar-refractivity contribution in [3.63, 3.8) is 0 Å². The largest absolute Gasteiger partial charge is 0.335 e. The number of nitrogens with zero attached hydrogens (tertiary/aromatic N) is 2. The number of aromatic amines is 2. The van der Waals surface area contributed by atoms with Crippen LogP contribution in [-0.4, -0.2) is 26.4 Å². The molecule has 0 saturated heterocycles. The lowest BCUT2D eigenvalue weighted by atomic mass is 10.1. The molecule has 5 nitrogen and oxygen atoms in total. The first-order valence-corrected chi connectivity index (χ1v) is 7.18. The van der Waals surface area contributed by atoms with Crippen LogP contribution in [0.5, 0.6) is 0 Å². The van der Waals surface area contributed by atoms with Gasteiger partial charge in [0.1, 0.15) is 11.0 Å². The molecule has 0 fully saturated rings. The summed E-state index contributed by atoms with van der Waals surface area (Å²) in [7, 11) is 0. The third-order valence-electron chi connectivity index (χ3n) is 3.46. The lowest BCUT2D eigenvalue weighted by Gasteiger charge is -2.27. The van der Waals surface area contributed by atoms with Gasteiger partial charge in [0.15, 0.2) is 4.77 Å². The monoisotopic (exact) mass is 326 g/mol. The number of halogens is 2. The first kappa shape index (κ1) is 14.4. The van der Waals surface area contributed by atoms with E-state index in [-0.39, 0.29) is 10.7 Å². The minimum atomic E-state index is -0.422. The molecule has 0 unspecified atom stereocenters. The van der Waals surface area contributed by atoms with E-state index < -0.39 is 5.82 Å². The van der Waals surface area contributed by atoms with Crippen LogP contribution < -0.4 is 5.56 Å². The van der Waals surface area contributed by atoms with Crippen LogP contribution in [0.3, 0.4) is 0 Å². The SMILES string of the molecule is O=c1[nH]c(=S)[nH]c2c1CN(Cc1cc(F)cnc1Cl)CC2. The Morgan fingerprint density at radius 3 is 3.10 bits per heavy atom. The average molecular weight is 327 g/mol. The summed E-state index contributed by atoms with van der Waals surface area (Å²) < 4.78 is 13.6. The van der Waals surface area contributed by atoms with Crippen LogP contribution >= 0.6 is 23.8 Å². The summed E-state index contributed by atoms with van der Waals surface area (Å²) in [6, 6.07) is 1.37. The number of pyridine rings is 1. The van der Waals surface area contributed by atoms with Crippen LogP contribution in [0.1, 0.15) is 16.8 Å². The maximum atomic E-state index is 13.2. The maximum Gasteiger partial charge on any atom is 0.256 e. The summed E-state index contributed by atoms with van der Waals surface area (Å²) in [4.78, 5) is 23.3. The van der Waals surface area contributed by atoms with Gasteiger partial charge in [0.05, 0.1) is 11.8 Å². The smallest absolute Gasteiger partial charge is 0.256 e. The number of rotatable bonds is 2. The second kappa shape index (κ2) is 5.67. The predicted octanol–water partition coefficient (Wildman–Crippen LogP) is 2.18. The number of fused-ring (bicyclic) bond motifs is 1. The molecule has 2 aromatic rings. The standard InChI is InChI=1S/C13H12ClFN4OS/c14-11-7(3-8(15)4-16-11)5-19-2-1-10-9(6-19)12(20)18-13(21)17-10/h3-4H,1-2,5-6H2,(H2,17,18,20,21). The van der Waals surface area contributed by atoms with Crippen molar-refractivity contribution in [1.29, 1.82) is 0 Å². The normalized spacial score (nSPS) is 15.0. The number of aromatic nitrogens is 3. The average Bonchev–Trinajstić information content (AvgIpc) is 2.43. The predicted molar refractivity (Wildman–Crippen MR) is 79.3 cm³/mol. The topological polar surface area (TPSA) is 64.8 Å². The van der Waals surface area contributed by atoms with Crippen molar-refractivity contribution >= 4 is 23.8 Å². The van der Waals surface area contributed by atoms with Crippen molar-refractivity contribution < 1.29 is 4.39 Å². The van der Waals surface area contributed by atoms with Crippen molar-refractivity contribution in [1.82, 2.24) is 19.9 Å². The van der Waals surface area contributed by atoms with Gasteiger partial charge in [-0.1, -0.05) is 11.6 Å². The van der Waals surface area contributed by atoms with E-state index >= 15 is 0 Å². The Hall–Kier alpha value is -1.57. The van der Waals surface area contributed by atoms with Gasteiger partial charge in [0, 0.05) is 37.3 Å². The molecule has 8 heteroatoms. The van der Waals surface area contributed by atoms with E-state index in [4.69, 9.17) is 23.8 Å². The Morgan fingerprint density at radius 2 is 2.29 bits per heavy atom. The van der Waals surface area contributed by atoms with Crippen LogP contribution in [0, 0.1) is 10.6 Å². The summed E-state index contributed by atoms with van der Waals surface area (Å²) in [5.41, 5.74) is 1.96. The molecule has 0 bridgehead atoms. The molecule has 0 aliphatic carbocycles. The molecule has 1 aliphatic heterocycles. The molecule has 21 heavy (non-hydrogen) atoms. The lowest BCUT2D eigenvalue weighted by Crippen LogP contribution is -2.35. The molecule has 0 aromatic carbocycles. The summed E-state index contributed by atoms with van der Waals surface area (Å²) in [6.07, 6.45) is 1.77. The lowest BCUT2D eigenvalue weighted by molar-refractivity contribution is 0.241. The van der Waals surface area contributed by atoms with Gasteiger partial charge in [-0.05, 0) is 18.3 Å². The highest BCUT2D eigenvalue weighted by Crippen LogP contribution is 2.20. The zero-order valence-electron chi connectivity index (χ0n) is 10.9. The zero-order chi connectivity index (χ0) is 15.0. The molecule has 1 aliphatic rings. The van der Waals surface area contributed by atoms with Crippen molar-refractivity contribution in [2.24, 2.45) is 0 Å². The minimum Gasteiger partial charge on any atom is -0.335 e. The van der Waals surface area contributed by atoms with Crippen molar-refractivity contribution in [3.05, 3.63) is 55.2 Å². The maximum absolute atomic E-state index is 13.2. The highest BCUT2D eigenvalue weighted by Gasteiger charge is 2.20. The van der Waals surface area contributed by atoms with E-state index in [0.29, 0.717) is 35.4 Å². The number of hydrogen-bond donors (Lipinski definition) is 2. The molecular formula is C13H12ClFN4OS. The van der Waals surface area contributed by atoms with E-state index in [1.165, 1.54) is 6.07 Å². The van der Waals surface area contributed by atoms with E-state index in [9.17, 15) is 9.18 Å². The fourth-order valence-corrected chi connectivity index (χ4v) is 2.84. The van der Waals surface area contributed by atoms with E-state index in [2.05, 4.69) is 15.0 Å². The molecule has 0 radical (unpaired) electrons. The van der Waals surface area contributed by atoms with Gasteiger partial charge in [-0.3, -0.25) is 14.7 Å². The fraction of sp³-hybridized carbons (Fsp3) is 0.308. The van der Waals surface area contributed by atoms with Gasteiger partial charge in [0.25, 0.3) is 5.56 Å². The Bertz CT molecular complexity index is 803. The van der Waals surface area contributed by atoms with Crippen LogP contribution in [0.15, 0.2) is 17.1 Å². The molecule has 0 atom stereocenters. The summed E-state index contributed by atoms with van der Waals surface area (Å²) >= 11 is 10.9. The second-order valence-electron chi connectivity index (χ2n) is 4.93. The van der Waals surface area contributed by atoms with Crippen LogP contribution in [0.25, 0.3) is 0 Å². The molecule has 2 aromatic heterocycles. The zero-order valence-corrected chi connectivity index (χ0v) is 12.5. The van der Waals surface area contributed by atoms with Gasteiger partial charge >= 0.3 is 0 Å². The van der Waals surface area contributed by atoms with Gasteiger partial charge in [-0.2, -0.15) is 0 Å². The molecule has 0 spiro atoms. The third kappa shape index (κ3) is 3.04. The van der Waals surface area contributed by atoms with E-state index in [1.807, 2.05) is 4.90 Å². The van der Waals surface area contributed by atoms with Crippen molar-refractivity contribution in [3.8, 4) is 0 Å². The third-order valence-corrected chi connectivity index (χ3v) is 4.01. The molecule has 110 valence electrons. The fourth-order valence-electron chi connectivity index (χ4n) is 2.46. The van der Waals surface area contributed by atoms with Gasteiger partial charge in [0.2, 0.25) is 0 Å². The Balaban J connectivity index is 1.85. The number of H-pyrrole nitrogens is 2. The molecule has 2 N–H and O–H groups in total.